The molecule has 1 N–H and O–H groups in total. The lowest BCUT2D eigenvalue weighted by atomic mass is 9.84. The van der Waals surface area contributed by atoms with E-state index in [4.69, 9.17) is 0 Å². The molecule has 18 heavy (non-hydrogen) atoms. The van der Waals surface area contributed by atoms with E-state index in [1.165, 1.54) is 51.6 Å². The summed E-state index contributed by atoms with van der Waals surface area (Å²) >= 11 is 0. The molecular weight excluding hydrogens is 220 g/mol. The maximum Gasteiger partial charge on any atom is 0.00872 e. The lowest BCUT2D eigenvalue weighted by Crippen LogP contribution is -2.45. The molecule has 0 aliphatic heterocycles. The summed E-state index contributed by atoms with van der Waals surface area (Å²) in [5, 5.41) is 3.68. The quantitative estimate of drug-likeness (QED) is 0.711. The minimum absolute atomic E-state index is 0.543. The van der Waals surface area contributed by atoms with Gasteiger partial charge in [0.2, 0.25) is 0 Å². The van der Waals surface area contributed by atoms with Crippen LogP contribution in [0, 0.1) is 5.41 Å². The number of hydrogen-bond donors (Lipinski definition) is 1. The fourth-order valence-electron chi connectivity index (χ4n) is 3.51. The molecule has 0 aromatic heterocycles. The fraction of sp³-hybridized carbons (Fsp3) is 1.00. The zero-order chi connectivity index (χ0) is 13.6. The standard InChI is InChI=1S/C16H34N2/c1-6-15(7-2)18(5)13-16(10-8-9-11-16)12-17-14(3)4/h14-15,17H,6-13H2,1-5H3. The van der Waals surface area contributed by atoms with Crippen LogP contribution in [0.3, 0.4) is 0 Å². The second-order valence-corrected chi connectivity index (χ2v) is 6.63. The highest BCUT2D eigenvalue weighted by molar-refractivity contribution is 4.90. The molecule has 0 spiro atoms. The lowest BCUT2D eigenvalue weighted by molar-refractivity contribution is 0.127. The summed E-state index contributed by atoms with van der Waals surface area (Å²) in [6, 6.07) is 1.38. The molecule has 2 heteroatoms. The minimum Gasteiger partial charge on any atom is -0.314 e. The van der Waals surface area contributed by atoms with Crippen LogP contribution in [0.1, 0.15) is 66.2 Å². The Morgan fingerprint density at radius 2 is 1.67 bits per heavy atom. The van der Waals surface area contributed by atoms with Crippen molar-refractivity contribution in [2.24, 2.45) is 5.41 Å². The topological polar surface area (TPSA) is 15.3 Å². The Labute approximate surface area is 115 Å². The molecule has 1 fully saturated rings. The summed E-state index contributed by atoms with van der Waals surface area (Å²) in [5.74, 6) is 0. The SMILES string of the molecule is CCC(CC)N(C)CC1(CNC(C)C)CCCC1. The van der Waals surface area contributed by atoms with Crippen molar-refractivity contribution >= 4 is 0 Å². The molecule has 1 aliphatic carbocycles. The molecule has 108 valence electrons. The monoisotopic (exact) mass is 254 g/mol. The minimum atomic E-state index is 0.543. The summed E-state index contributed by atoms with van der Waals surface area (Å²) in [6.45, 7) is 11.6. The zero-order valence-electron chi connectivity index (χ0n) is 13.3. The van der Waals surface area contributed by atoms with Gasteiger partial charge >= 0.3 is 0 Å². The van der Waals surface area contributed by atoms with Crippen LogP contribution in [0.4, 0.5) is 0 Å². The van der Waals surface area contributed by atoms with E-state index in [9.17, 15) is 0 Å². The maximum atomic E-state index is 3.68. The Kier molecular flexibility index (Phi) is 6.65. The summed E-state index contributed by atoms with van der Waals surface area (Å²) in [5.41, 5.74) is 0.543. The molecule has 2 nitrogen and oxygen atoms in total. The van der Waals surface area contributed by atoms with E-state index in [0.29, 0.717) is 11.5 Å². The van der Waals surface area contributed by atoms with Gasteiger partial charge in [-0.2, -0.15) is 0 Å². The fourth-order valence-corrected chi connectivity index (χ4v) is 3.51. The largest absolute Gasteiger partial charge is 0.314 e. The van der Waals surface area contributed by atoms with E-state index in [-0.39, 0.29) is 0 Å². The molecule has 0 unspecified atom stereocenters. The van der Waals surface area contributed by atoms with Crippen molar-refractivity contribution in [1.82, 2.24) is 10.2 Å². The van der Waals surface area contributed by atoms with E-state index in [1.54, 1.807) is 0 Å². The Morgan fingerprint density at radius 1 is 1.11 bits per heavy atom. The highest BCUT2D eigenvalue weighted by Gasteiger charge is 2.35. The average molecular weight is 254 g/mol. The van der Waals surface area contributed by atoms with Gasteiger partial charge in [0.1, 0.15) is 0 Å². The van der Waals surface area contributed by atoms with Crippen LogP contribution in [0.25, 0.3) is 0 Å². The van der Waals surface area contributed by atoms with E-state index in [0.717, 1.165) is 6.04 Å². The molecule has 1 rings (SSSR count). The van der Waals surface area contributed by atoms with Gasteiger partial charge in [-0.15, -0.1) is 0 Å². The third-order valence-electron chi connectivity index (χ3n) is 4.70. The maximum absolute atomic E-state index is 3.68. The van der Waals surface area contributed by atoms with Crippen molar-refractivity contribution in [3.05, 3.63) is 0 Å². The average Bonchev–Trinajstić information content (AvgIpc) is 2.77. The second kappa shape index (κ2) is 7.49. The van der Waals surface area contributed by atoms with Crippen LogP contribution in [0.15, 0.2) is 0 Å². The number of nitrogens with one attached hydrogen (secondary N) is 1. The Bertz CT molecular complexity index is 215. The van der Waals surface area contributed by atoms with E-state index in [2.05, 4.69) is 45.0 Å². The molecule has 0 bridgehead atoms. The Hall–Kier alpha value is -0.0800. The van der Waals surface area contributed by atoms with Crippen molar-refractivity contribution in [2.45, 2.75) is 78.3 Å². The predicted octanol–water partition coefficient (Wildman–Crippen LogP) is 3.67. The van der Waals surface area contributed by atoms with Gasteiger partial charge in [0.25, 0.3) is 0 Å². The van der Waals surface area contributed by atoms with Crippen LogP contribution in [0.5, 0.6) is 0 Å². The van der Waals surface area contributed by atoms with Crippen molar-refractivity contribution in [3.8, 4) is 0 Å². The van der Waals surface area contributed by atoms with Crippen LogP contribution >= 0.6 is 0 Å². The highest BCUT2D eigenvalue weighted by atomic mass is 15.1. The number of hydrogen-bond acceptors (Lipinski definition) is 2. The lowest BCUT2D eigenvalue weighted by Gasteiger charge is -2.37. The Balaban J connectivity index is 2.56. The number of nitrogens with zero attached hydrogens (tertiary/aromatic N) is 1. The van der Waals surface area contributed by atoms with Gasteiger partial charge in [0, 0.05) is 25.2 Å². The molecule has 1 aliphatic rings. The third-order valence-corrected chi connectivity index (χ3v) is 4.70. The van der Waals surface area contributed by atoms with E-state index < -0.39 is 0 Å². The normalized spacial score (nSPS) is 19.3. The summed E-state index contributed by atoms with van der Waals surface area (Å²) < 4.78 is 0. The molecule has 0 amide bonds. The Morgan fingerprint density at radius 3 is 2.11 bits per heavy atom. The summed E-state index contributed by atoms with van der Waals surface area (Å²) in [4.78, 5) is 2.62. The first-order valence-electron chi connectivity index (χ1n) is 7.96. The molecule has 0 aromatic rings. The van der Waals surface area contributed by atoms with Crippen molar-refractivity contribution in [3.63, 3.8) is 0 Å². The molecule has 1 saturated carbocycles. The molecule has 0 heterocycles. The molecule has 0 radical (unpaired) electrons. The number of rotatable bonds is 8. The van der Waals surface area contributed by atoms with Gasteiger partial charge in [-0.05, 0) is 38.1 Å². The van der Waals surface area contributed by atoms with Gasteiger partial charge in [-0.25, -0.2) is 0 Å². The first kappa shape index (κ1) is 16.0. The first-order valence-corrected chi connectivity index (χ1v) is 7.96. The summed E-state index contributed by atoms with van der Waals surface area (Å²) in [6.07, 6.45) is 8.24. The molecule has 0 aromatic carbocycles. The van der Waals surface area contributed by atoms with Crippen LogP contribution < -0.4 is 5.32 Å². The van der Waals surface area contributed by atoms with Crippen LogP contribution in [-0.2, 0) is 0 Å². The molecule has 0 atom stereocenters. The van der Waals surface area contributed by atoms with Gasteiger partial charge < -0.3 is 10.2 Å². The molecule has 0 saturated heterocycles. The van der Waals surface area contributed by atoms with Gasteiger partial charge in [-0.3, -0.25) is 0 Å². The van der Waals surface area contributed by atoms with Crippen molar-refractivity contribution in [1.29, 1.82) is 0 Å². The van der Waals surface area contributed by atoms with Crippen LogP contribution in [0.2, 0.25) is 0 Å². The predicted molar refractivity (Wildman–Crippen MR) is 81.0 cm³/mol. The summed E-state index contributed by atoms with van der Waals surface area (Å²) in [7, 11) is 2.33. The van der Waals surface area contributed by atoms with Crippen molar-refractivity contribution < 1.29 is 0 Å². The van der Waals surface area contributed by atoms with E-state index >= 15 is 0 Å². The third kappa shape index (κ3) is 4.55. The highest BCUT2D eigenvalue weighted by Crippen LogP contribution is 2.38. The zero-order valence-corrected chi connectivity index (χ0v) is 13.3. The van der Waals surface area contributed by atoms with E-state index in [1.807, 2.05) is 0 Å². The molecular formula is C16H34N2. The van der Waals surface area contributed by atoms with Gasteiger partial charge in [0.15, 0.2) is 0 Å². The second-order valence-electron chi connectivity index (χ2n) is 6.63. The van der Waals surface area contributed by atoms with Gasteiger partial charge in [0.05, 0.1) is 0 Å². The van der Waals surface area contributed by atoms with Crippen LogP contribution in [-0.4, -0.2) is 37.1 Å². The smallest absolute Gasteiger partial charge is 0.00872 e. The van der Waals surface area contributed by atoms with Gasteiger partial charge in [-0.1, -0.05) is 40.5 Å². The first-order chi connectivity index (χ1) is 8.53. The van der Waals surface area contributed by atoms with Crippen molar-refractivity contribution in [2.75, 3.05) is 20.1 Å².